The van der Waals surface area contributed by atoms with Crippen LogP contribution in [-0.4, -0.2) is 23.3 Å². The molecule has 1 N–H and O–H groups in total. The third-order valence-electron chi connectivity index (χ3n) is 3.55. The SMILES string of the molecule is O=C(O)C1(CCCCC2CCC2)CO1. The average molecular weight is 198 g/mol. The molecular weight excluding hydrogens is 180 g/mol. The number of hydrogen-bond acceptors (Lipinski definition) is 2. The van der Waals surface area contributed by atoms with Crippen LogP contribution in [0.15, 0.2) is 0 Å². The van der Waals surface area contributed by atoms with Gasteiger partial charge in [-0.05, 0) is 18.8 Å². The molecule has 0 spiro atoms. The number of ether oxygens (including phenoxy) is 1. The lowest BCUT2D eigenvalue weighted by Gasteiger charge is -2.25. The zero-order valence-electron chi connectivity index (χ0n) is 8.50. The molecule has 0 aromatic rings. The molecule has 14 heavy (non-hydrogen) atoms. The highest BCUT2D eigenvalue weighted by atomic mass is 16.6. The van der Waals surface area contributed by atoms with Gasteiger partial charge in [0, 0.05) is 0 Å². The summed E-state index contributed by atoms with van der Waals surface area (Å²) in [5.41, 5.74) is -0.778. The van der Waals surface area contributed by atoms with Crippen LogP contribution in [0.5, 0.6) is 0 Å². The molecule has 0 radical (unpaired) electrons. The molecule has 0 amide bonds. The van der Waals surface area contributed by atoms with Crippen molar-refractivity contribution in [3.8, 4) is 0 Å². The Bertz CT molecular complexity index is 217. The van der Waals surface area contributed by atoms with E-state index in [1.54, 1.807) is 0 Å². The third-order valence-corrected chi connectivity index (χ3v) is 3.55. The zero-order chi connectivity index (χ0) is 10.0. The van der Waals surface area contributed by atoms with Crippen molar-refractivity contribution >= 4 is 5.97 Å². The normalized spacial score (nSPS) is 31.1. The maximum Gasteiger partial charge on any atom is 0.338 e. The molecule has 1 saturated heterocycles. The summed E-state index contributed by atoms with van der Waals surface area (Å²) in [6, 6.07) is 0. The fourth-order valence-electron chi connectivity index (χ4n) is 2.09. The van der Waals surface area contributed by atoms with Crippen molar-refractivity contribution in [1.82, 2.24) is 0 Å². The summed E-state index contributed by atoms with van der Waals surface area (Å²) in [5, 5.41) is 8.84. The van der Waals surface area contributed by atoms with Gasteiger partial charge in [0.25, 0.3) is 0 Å². The first-order valence-corrected chi connectivity index (χ1v) is 5.60. The van der Waals surface area contributed by atoms with Gasteiger partial charge < -0.3 is 9.84 Å². The Morgan fingerprint density at radius 2 is 2.14 bits per heavy atom. The number of rotatable bonds is 6. The highest BCUT2D eigenvalue weighted by Gasteiger charge is 2.51. The molecule has 0 aromatic heterocycles. The van der Waals surface area contributed by atoms with Gasteiger partial charge >= 0.3 is 5.97 Å². The van der Waals surface area contributed by atoms with Gasteiger partial charge in [-0.25, -0.2) is 4.79 Å². The van der Waals surface area contributed by atoms with Gasteiger partial charge in [-0.2, -0.15) is 0 Å². The Morgan fingerprint density at radius 3 is 2.57 bits per heavy atom. The maximum absolute atomic E-state index is 10.8. The summed E-state index contributed by atoms with van der Waals surface area (Å²) < 4.78 is 5.01. The molecule has 1 atom stereocenters. The Labute approximate surface area is 84.4 Å². The monoisotopic (exact) mass is 198 g/mol. The molecule has 2 fully saturated rings. The standard InChI is InChI=1S/C11H18O3/c12-10(13)11(8-14-11)7-2-1-4-9-5-3-6-9/h9H,1-8H2,(H,12,13). The van der Waals surface area contributed by atoms with E-state index < -0.39 is 11.6 Å². The Morgan fingerprint density at radius 1 is 1.43 bits per heavy atom. The van der Waals surface area contributed by atoms with Crippen LogP contribution in [0.25, 0.3) is 0 Å². The summed E-state index contributed by atoms with van der Waals surface area (Å²) in [6.07, 6.45) is 8.34. The topological polar surface area (TPSA) is 49.8 Å². The summed E-state index contributed by atoms with van der Waals surface area (Å²) >= 11 is 0. The van der Waals surface area contributed by atoms with Crippen LogP contribution in [0.1, 0.15) is 44.9 Å². The Kier molecular flexibility index (Phi) is 2.77. The number of carboxylic acid groups (broad SMARTS) is 1. The van der Waals surface area contributed by atoms with Crippen LogP contribution in [-0.2, 0) is 9.53 Å². The van der Waals surface area contributed by atoms with E-state index in [0.717, 1.165) is 12.3 Å². The van der Waals surface area contributed by atoms with Crippen LogP contribution < -0.4 is 0 Å². The number of carbonyl (C=O) groups is 1. The van der Waals surface area contributed by atoms with E-state index in [1.165, 1.54) is 32.1 Å². The van der Waals surface area contributed by atoms with Crippen LogP contribution in [0.2, 0.25) is 0 Å². The van der Waals surface area contributed by atoms with Crippen LogP contribution >= 0.6 is 0 Å². The Hall–Kier alpha value is -0.570. The van der Waals surface area contributed by atoms with Crippen molar-refractivity contribution in [1.29, 1.82) is 0 Å². The number of aliphatic carboxylic acids is 1. The molecule has 2 rings (SSSR count). The first-order valence-electron chi connectivity index (χ1n) is 5.60. The van der Waals surface area contributed by atoms with Crippen molar-refractivity contribution < 1.29 is 14.6 Å². The molecule has 3 heteroatoms. The van der Waals surface area contributed by atoms with Crippen molar-refractivity contribution in [2.24, 2.45) is 5.92 Å². The molecular formula is C11H18O3. The predicted octanol–water partition coefficient (Wildman–Crippen LogP) is 2.20. The first kappa shape index (κ1) is 9.97. The molecule has 0 bridgehead atoms. The zero-order valence-corrected chi connectivity index (χ0v) is 8.50. The molecule has 1 heterocycles. The number of carboxylic acids is 1. The first-order chi connectivity index (χ1) is 6.73. The van der Waals surface area contributed by atoms with E-state index >= 15 is 0 Å². The Balaban J connectivity index is 1.56. The number of epoxide rings is 1. The van der Waals surface area contributed by atoms with Crippen molar-refractivity contribution in [3.63, 3.8) is 0 Å². The number of hydrogen-bond donors (Lipinski definition) is 1. The summed E-state index contributed by atoms with van der Waals surface area (Å²) in [4.78, 5) is 10.8. The summed E-state index contributed by atoms with van der Waals surface area (Å²) in [7, 11) is 0. The van der Waals surface area contributed by atoms with E-state index in [-0.39, 0.29) is 0 Å². The smallest absolute Gasteiger partial charge is 0.338 e. The molecule has 1 aliphatic carbocycles. The highest BCUT2D eigenvalue weighted by molar-refractivity contribution is 5.80. The van der Waals surface area contributed by atoms with E-state index in [2.05, 4.69) is 0 Å². The summed E-state index contributed by atoms with van der Waals surface area (Å²) in [6.45, 7) is 0.422. The van der Waals surface area contributed by atoms with Gasteiger partial charge in [0.15, 0.2) is 5.60 Å². The molecule has 1 saturated carbocycles. The van der Waals surface area contributed by atoms with Gasteiger partial charge in [0.1, 0.15) is 0 Å². The largest absolute Gasteiger partial charge is 0.479 e. The predicted molar refractivity (Wildman–Crippen MR) is 52.1 cm³/mol. The fraction of sp³-hybridized carbons (Fsp3) is 0.909. The van der Waals surface area contributed by atoms with Crippen molar-refractivity contribution in [3.05, 3.63) is 0 Å². The second-order valence-corrected chi connectivity index (χ2v) is 4.63. The second-order valence-electron chi connectivity index (χ2n) is 4.63. The lowest BCUT2D eigenvalue weighted by molar-refractivity contribution is -0.143. The third kappa shape index (κ3) is 2.08. The van der Waals surface area contributed by atoms with Crippen molar-refractivity contribution in [2.75, 3.05) is 6.61 Å². The minimum atomic E-state index is -0.778. The summed E-state index contributed by atoms with van der Waals surface area (Å²) in [5.74, 6) is 0.164. The molecule has 2 aliphatic rings. The lowest BCUT2D eigenvalue weighted by Crippen LogP contribution is -2.23. The number of unbranched alkanes of at least 4 members (excludes halogenated alkanes) is 1. The highest BCUT2D eigenvalue weighted by Crippen LogP contribution is 2.35. The maximum atomic E-state index is 10.8. The molecule has 1 aliphatic heterocycles. The van der Waals surface area contributed by atoms with Gasteiger partial charge in [0.05, 0.1) is 6.61 Å². The van der Waals surface area contributed by atoms with Gasteiger partial charge in [-0.3, -0.25) is 0 Å². The molecule has 0 aromatic carbocycles. The van der Waals surface area contributed by atoms with Crippen molar-refractivity contribution in [2.45, 2.75) is 50.5 Å². The average Bonchev–Trinajstić information content (AvgIpc) is 2.81. The fourth-order valence-corrected chi connectivity index (χ4v) is 2.09. The quantitative estimate of drug-likeness (QED) is 0.525. The molecule has 3 nitrogen and oxygen atoms in total. The molecule has 1 unspecified atom stereocenters. The van der Waals surface area contributed by atoms with Crippen LogP contribution in [0.4, 0.5) is 0 Å². The minimum absolute atomic E-state index is 0.422. The van der Waals surface area contributed by atoms with E-state index in [4.69, 9.17) is 9.84 Å². The van der Waals surface area contributed by atoms with Crippen LogP contribution in [0, 0.1) is 5.92 Å². The van der Waals surface area contributed by atoms with Gasteiger partial charge in [-0.1, -0.05) is 32.1 Å². The molecule has 80 valence electrons. The minimum Gasteiger partial charge on any atom is -0.479 e. The lowest BCUT2D eigenvalue weighted by atomic mass is 9.81. The second kappa shape index (κ2) is 3.89. The van der Waals surface area contributed by atoms with E-state index in [0.29, 0.717) is 13.0 Å². The van der Waals surface area contributed by atoms with E-state index in [9.17, 15) is 4.79 Å². The van der Waals surface area contributed by atoms with E-state index in [1.807, 2.05) is 0 Å². The van der Waals surface area contributed by atoms with Gasteiger partial charge in [-0.15, -0.1) is 0 Å². The van der Waals surface area contributed by atoms with Gasteiger partial charge in [0.2, 0.25) is 0 Å². The van der Waals surface area contributed by atoms with Crippen LogP contribution in [0.3, 0.4) is 0 Å².